The lowest BCUT2D eigenvalue weighted by Crippen LogP contribution is -2.46. The lowest BCUT2D eigenvalue weighted by atomic mass is 9.69. The van der Waals surface area contributed by atoms with Crippen LogP contribution in [0.3, 0.4) is 0 Å². The van der Waals surface area contributed by atoms with E-state index in [4.69, 9.17) is 0 Å². The summed E-state index contributed by atoms with van der Waals surface area (Å²) in [6, 6.07) is 14.9. The van der Waals surface area contributed by atoms with Gasteiger partial charge in [-0.15, -0.1) is 0 Å². The molecule has 0 radical (unpaired) electrons. The Bertz CT molecular complexity index is 655. The third kappa shape index (κ3) is 1.36. The molecular weight excluding hydrogens is 252 g/mol. The normalized spacial score (nSPS) is 15.6. The minimum atomic E-state index is -1.52. The number of aliphatic carboxylic acids is 1. The van der Waals surface area contributed by atoms with Crippen molar-refractivity contribution in [1.82, 2.24) is 0 Å². The highest BCUT2D eigenvalue weighted by Crippen LogP contribution is 2.55. The standard InChI is InChI=1S/C17H16O3/c1-16(2,15(18)19)17(20)13-9-5-3-7-11(13)12-8-4-6-10-14(12)17/h3-10,20H,1-2H3,(H,18,19). The van der Waals surface area contributed by atoms with Crippen LogP contribution in [0.4, 0.5) is 0 Å². The van der Waals surface area contributed by atoms with Crippen LogP contribution in [0.5, 0.6) is 0 Å². The van der Waals surface area contributed by atoms with Crippen molar-refractivity contribution in [2.75, 3.05) is 0 Å². The Hall–Kier alpha value is -2.13. The molecule has 0 amide bonds. The third-order valence-electron chi connectivity index (χ3n) is 4.36. The summed E-state index contributed by atoms with van der Waals surface area (Å²) in [5.74, 6) is -1.02. The molecule has 102 valence electrons. The Balaban J connectivity index is 2.40. The molecule has 0 fully saturated rings. The summed E-state index contributed by atoms with van der Waals surface area (Å²) in [5, 5.41) is 20.9. The maximum absolute atomic E-state index is 11.7. The molecule has 0 aromatic heterocycles. The van der Waals surface area contributed by atoms with Crippen LogP contribution < -0.4 is 0 Å². The molecule has 20 heavy (non-hydrogen) atoms. The molecule has 0 saturated carbocycles. The van der Waals surface area contributed by atoms with Crippen molar-refractivity contribution in [3.8, 4) is 11.1 Å². The van der Waals surface area contributed by atoms with Crippen LogP contribution in [-0.2, 0) is 10.4 Å². The van der Waals surface area contributed by atoms with Gasteiger partial charge in [0.15, 0.2) is 0 Å². The molecule has 0 saturated heterocycles. The quantitative estimate of drug-likeness (QED) is 0.880. The molecule has 3 heteroatoms. The first-order valence-electron chi connectivity index (χ1n) is 6.56. The van der Waals surface area contributed by atoms with Crippen LogP contribution in [0.2, 0.25) is 0 Å². The summed E-state index contributed by atoms with van der Waals surface area (Å²) in [6.07, 6.45) is 0. The molecular formula is C17H16O3. The largest absolute Gasteiger partial charge is 0.481 e. The molecule has 3 rings (SSSR count). The number of carbonyl (C=O) groups is 1. The third-order valence-corrected chi connectivity index (χ3v) is 4.36. The number of rotatable bonds is 2. The molecule has 0 spiro atoms. The second-order valence-corrected chi connectivity index (χ2v) is 5.73. The van der Waals surface area contributed by atoms with E-state index >= 15 is 0 Å². The van der Waals surface area contributed by atoms with Crippen LogP contribution in [0.25, 0.3) is 11.1 Å². The van der Waals surface area contributed by atoms with E-state index in [9.17, 15) is 15.0 Å². The van der Waals surface area contributed by atoms with Gasteiger partial charge in [0.25, 0.3) is 0 Å². The molecule has 1 aliphatic rings. The summed E-state index contributed by atoms with van der Waals surface area (Å²) in [7, 11) is 0. The van der Waals surface area contributed by atoms with Crippen molar-refractivity contribution in [3.63, 3.8) is 0 Å². The first-order valence-corrected chi connectivity index (χ1v) is 6.56. The maximum atomic E-state index is 11.7. The minimum absolute atomic E-state index is 0.661. The van der Waals surface area contributed by atoms with Crippen molar-refractivity contribution in [3.05, 3.63) is 59.7 Å². The first-order chi connectivity index (χ1) is 9.40. The van der Waals surface area contributed by atoms with Gasteiger partial charge in [0.05, 0.1) is 5.41 Å². The van der Waals surface area contributed by atoms with Gasteiger partial charge in [0.2, 0.25) is 0 Å². The SMILES string of the molecule is CC(C)(C(=O)O)C1(O)c2ccccc2-c2ccccc21. The zero-order valence-electron chi connectivity index (χ0n) is 11.4. The van der Waals surface area contributed by atoms with Crippen molar-refractivity contribution in [1.29, 1.82) is 0 Å². The number of carboxylic acid groups (broad SMARTS) is 1. The molecule has 0 unspecified atom stereocenters. The Morgan fingerprint density at radius 1 is 0.950 bits per heavy atom. The first kappa shape index (κ1) is 12.9. The van der Waals surface area contributed by atoms with Crippen LogP contribution in [0.1, 0.15) is 25.0 Å². The topological polar surface area (TPSA) is 57.5 Å². The van der Waals surface area contributed by atoms with E-state index in [2.05, 4.69) is 0 Å². The van der Waals surface area contributed by atoms with Crippen LogP contribution >= 0.6 is 0 Å². The Morgan fingerprint density at radius 3 is 1.75 bits per heavy atom. The molecule has 0 aliphatic heterocycles. The summed E-state index contributed by atoms with van der Waals surface area (Å²) in [5.41, 5.74) is 0.281. The highest BCUT2D eigenvalue weighted by Gasteiger charge is 2.56. The summed E-state index contributed by atoms with van der Waals surface area (Å²) in [6.45, 7) is 3.13. The van der Waals surface area contributed by atoms with Gasteiger partial charge in [-0.25, -0.2) is 0 Å². The van der Waals surface area contributed by atoms with Gasteiger partial charge >= 0.3 is 5.97 Å². The lowest BCUT2D eigenvalue weighted by molar-refractivity contribution is -0.160. The van der Waals surface area contributed by atoms with Crippen molar-refractivity contribution in [2.24, 2.45) is 5.41 Å². The van der Waals surface area contributed by atoms with Gasteiger partial charge < -0.3 is 10.2 Å². The van der Waals surface area contributed by atoms with E-state index in [1.165, 1.54) is 0 Å². The van der Waals surface area contributed by atoms with E-state index in [1.54, 1.807) is 26.0 Å². The number of aliphatic hydroxyl groups is 1. The number of fused-ring (bicyclic) bond motifs is 3. The second kappa shape index (κ2) is 3.93. The predicted molar refractivity (Wildman–Crippen MR) is 76.3 cm³/mol. The fraction of sp³-hybridized carbons (Fsp3) is 0.235. The summed E-state index contributed by atoms with van der Waals surface area (Å²) >= 11 is 0. The number of hydrogen-bond donors (Lipinski definition) is 2. The van der Waals surface area contributed by atoms with Gasteiger partial charge in [-0.3, -0.25) is 4.79 Å². The van der Waals surface area contributed by atoms with Gasteiger partial charge in [0.1, 0.15) is 5.60 Å². The van der Waals surface area contributed by atoms with E-state index in [0.29, 0.717) is 11.1 Å². The number of benzene rings is 2. The fourth-order valence-corrected chi connectivity index (χ4v) is 3.04. The Labute approximate surface area is 117 Å². The second-order valence-electron chi connectivity index (χ2n) is 5.73. The average Bonchev–Trinajstić information content (AvgIpc) is 2.71. The van der Waals surface area contributed by atoms with E-state index < -0.39 is 17.0 Å². The molecule has 3 nitrogen and oxygen atoms in total. The zero-order valence-corrected chi connectivity index (χ0v) is 11.4. The van der Waals surface area contributed by atoms with Crippen molar-refractivity contribution in [2.45, 2.75) is 19.4 Å². The molecule has 2 aromatic rings. The predicted octanol–water partition coefficient (Wildman–Crippen LogP) is 3.01. The van der Waals surface area contributed by atoms with Crippen molar-refractivity contribution >= 4 is 5.97 Å². The molecule has 1 aliphatic carbocycles. The van der Waals surface area contributed by atoms with Gasteiger partial charge in [-0.05, 0) is 36.1 Å². The molecule has 0 heterocycles. The van der Waals surface area contributed by atoms with Crippen molar-refractivity contribution < 1.29 is 15.0 Å². The molecule has 0 atom stereocenters. The Kier molecular flexibility index (Phi) is 2.53. The number of hydrogen-bond acceptors (Lipinski definition) is 2. The van der Waals surface area contributed by atoms with E-state index in [1.807, 2.05) is 36.4 Å². The Morgan fingerprint density at radius 2 is 1.35 bits per heavy atom. The smallest absolute Gasteiger partial charge is 0.312 e. The average molecular weight is 268 g/mol. The van der Waals surface area contributed by atoms with E-state index in [0.717, 1.165) is 11.1 Å². The van der Waals surface area contributed by atoms with Crippen LogP contribution in [-0.4, -0.2) is 16.2 Å². The number of carboxylic acids is 1. The highest BCUT2D eigenvalue weighted by atomic mass is 16.4. The highest BCUT2D eigenvalue weighted by molar-refractivity contribution is 5.86. The molecule has 2 N–H and O–H groups in total. The zero-order chi connectivity index (χ0) is 14.5. The summed E-state index contributed by atoms with van der Waals surface area (Å²) < 4.78 is 0. The summed E-state index contributed by atoms with van der Waals surface area (Å²) in [4.78, 5) is 11.7. The van der Waals surface area contributed by atoms with Crippen LogP contribution in [0.15, 0.2) is 48.5 Å². The molecule has 0 bridgehead atoms. The van der Waals surface area contributed by atoms with E-state index in [-0.39, 0.29) is 0 Å². The van der Waals surface area contributed by atoms with Crippen LogP contribution in [0, 0.1) is 5.41 Å². The molecule has 2 aromatic carbocycles. The lowest BCUT2D eigenvalue weighted by Gasteiger charge is -2.38. The van der Waals surface area contributed by atoms with Gasteiger partial charge in [-0.1, -0.05) is 48.5 Å². The monoisotopic (exact) mass is 268 g/mol. The maximum Gasteiger partial charge on any atom is 0.312 e. The van der Waals surface area contributed by atoms with Gasteiger partial charge in [0, 0.05) is 0 Å². The van der Waals surface area contributed by atoms with Gasteiger partial charge in [-0.2, -0.15) is 0 Å². The fourth-order valence-electron chi connectivity index (χ4n) is 3.04. The minimum Gasteiger partial charge on any atom is -0.481 e.